The van der Waals surface area contributed by atoms with Gasteiger partial charge in [-0.25, -0.2) is 0 Å². The molecular weight excluding hydrogens is 174 g/mol. The minimum Gasteiger partial charge on any atom is -0.380 e. The molecule has 0 saturated heterocycles. The summed E-state index contributed by atoms with van der Waals surface area (Å²) < 4.78 is 5.29. The molecule has 0 atom stereocenters. The largest absolute Gasteiger partial charge is 0.380 e. The molecule has 14 heavy (non-hydrogen) atoms. The highest BCUT2D eigenvalue weighted by Gasteiger charge is 2.25. The van der Waals surface area contributed by atoms with Gasteiger partial charge in [-0.05, 0) is 25.2 Å². The molecule has 0 spiro atoms. The molecule has 2 heteroatoms. The van der Waals surface area contributed by atoms with Crippen LogP contribution in [0.15, 0.2) is 0 Å². The van der Waals surface area contributed by atoms with Crippen molar-refractivity contribution < 1.29 is 4.74 Å². The van der Waals surface area contributed by atoms with Crippen LogP contribution < -0.4 is 5.32 Å². The van der Waals surface area contributed by atoms with Crippen LogP contribution in [-0.2, 0) is 4.74 Å². The van der Waals surface area contributed by atoms with Gasteiger partial charge in [-0.1, -0.05) is 26.2 Å². The van der Waals surface area contributed by atoms with E-state index < -0.39 is 0 Å². The van der Waals surface area contributed by atoms with E-state index in [4.69, 9.17) is 4.74 Å². The molecule has 84 valence electrons. The molecule has 1 rings (SSSR count). The molecule has 0 bridgehead atoms. The van der Waals surface area contributed by atoms with Crippen LogP contribution in [0, 0.1) is 5.41 Å². The first kappa shape index (κ1) is 12.0. The van der Waals surface area contributed by atoms with Gasteiger partial charge in [-0.2, -0.15) is 0 Å². The molecule has 1 aliphatic rings. The maximum atomic E-state index is 5.29. The first-order chi connectivity index (χ1) is 6.77. The Morgan fingerprint density at radius 3 is 2.57 bits per heavy atom. The van der Waals surface area contributed by atoms with E-state index in [0.717, 1.165) is 19.8 Å². The SMILES string of the molecule is CCOCCNCC1(C)CCCCC1. The molecule has 0 aromatic heterocycles. The molecule has 0 aliphatic heterocycles. The van der Waals surface area contributed by atoms with Gasteiger partial charge in [0.15, 0.2) is 0 Å². The van der Waals surface area contributed by atoms with Gasteiger partial charge >= 0.3 is 0 Å². The van der Waals surface area contributed by atoms with Gasteiger partial charge in [0.05, 0.1) is 6.61 Å². The van der Waals surface area contributed by atoms with Crippen molar-refractivity contribution in [2.24, 2.45) is 5.41 Å². The van der Waals surface area contributed by atoms with Gasteiger partial charge in [0.1, 0.15) is 0 Å². The lowest BCUT2D eigenvalue weighted by Gasteiger charge is -2.33. The summed E-state index contributed by atoms with van der Waals surface area (Å²) in [5.41, 5.74) is 0.560. The van der Waals surface area contributed by atoms with Crippen LogP contribution in [0.25, 0.3) is 0 Å². The minimum absolute atomic E-state index is 0.560. The second kappa shape index (κ2) is 6.41. The third kappa shape index (κ3) is 4.43. The molecule has 0 unspecified atom stereocenters. The van der Waals surface area contributed by atoms with Crippen LogP contribution in [0.5, 0.6) is 0 Å². The van der Waals surface area contributed by atoms with E-state index >= 15 is 0 Å². The van der Waals surface area contributed by atoms with E-state index in [9.17, 15) is 0 Å². The van der Waals surface area contributed by atoms with E-state index in [1.54, 1.807) is 0 Å². The third-order valence-electron chi connectivity index (χ3n) is 3.24. The summed E-state index contributed by atoms with van der Waals surface area (Å²) in [6, 6.07) is 0. The molecule has 0 radical (unpaired) electrons. The number of rotatable bonds is 6. The Morgan fingerprint density at radius 2 is 1.93 bits per heavy atom. The Morgan fingerprint density at radius 1 is 1.21 bits per heavy atom. The van der Waals surface area contributed by atoms with E-state index in [2.05, 4.69) is 12.2 Å². The second-order valence-electron chi connectivity index (χ2n) is 4.75. The van der Waals surface area contributed by atoms with Gasteiger partial charge in [-0.3, -0.25) is 0 Å². The monoisotopic (exact) mass is 199 g/mol. The van der Waals surface area contributed by atoms with Crippen LogP contribution in [0.4, 0.5) is 0 Å². The summed E-state index contributed by atoms with van der Waals surface area (Å²) in [7, 11) is 0. The Kier molecular flexibility index (Phi) is 5.49. The van der Waals surface area contributed by atoms with Crippen LogP contribution in [0.3, 0.4) is 0 Å². The predicted molar refractivity (Wildman–Crippen MR) is 60.6 cm³/mol. The lowest BCUT2D eigenvalue weighted by Crippen LogP contribution is -2.35. The molecule has 1 fully saturated rings. The van der Waals surface area contributed by atoms with Crippen molar-refractivity contribution >= 4 is 0 Å². The topological polar surface area (TPSA) is 21.3 Å². The van der Waals surface area contributed by atoms with E-state index in [0.29, 0.717) is 5.41 Å². The highest BCUT2D eigenvalue weighted by molar-refractivity contribution is 4.80. The fourth-order valence-electron chi connectivity index (χ4n) is 2.26. The Balaban J connectivity index is 2.03. The van der Waals surface area contributed by atoms with Crippen molar-refractivity contribution in [1.29, 1.82) is 0 Å². The number of hydrogen-bond donors (Lipinski definition) is 1. The van der Waals surface area contributed by atoms with Crippen molar-refractivity contribution in [3.8, 4) is 0 Å². The molecule has 1 saturated carbocycles. The summed E-state index contributed by atoms with van der Waals surface area (Å²) in [4.78, 5) is 0. The lowest BCUT2D eigenvalue weighted by molar-refractivity contribution is 0.141. The first-order valence-electron chi connectivity index (χ1n) is 6.05. The predicted octanol–water partition coefficient (Wildman–Crippen LogP) is 2.58. The van der Waals surface area contributed by atoms with Gasteiger partial charge in [0, 0.05) is 19.7 Å². The quantitative estimate of drug-likeness (QED) is 0.664. The standard InChI is InChI=1S/C12H25NO/c1-3-14-10-9-13-11-12(2)7-5-4-6-8-12/h13H,3-11H2,1-2H3. The van der Waals surface area contributed by atoms with Crippen molar-refractivity contribution in [1.82, 2.24) is 5.32 Å². The fraction of sp³-hybridized carbons (Fsp3) is 1.00. The maximum absolute atomic E-state index is 5.29. The maximum Gasteiger partial charge on any atom is 0.0590 e. The molecule has 0 heterocycles. The Bertz CT molecular complexity index is 141. The minimum atomic E-state index is 0.560. The highest BCUT2D eigenvalue weighted by Crippen LogP contribution is 2.34. The third-order valence-corrected chi connectivity index (χ3v) is 3.24. The Labute approximate surface area is 88.4 Å². The molecule has 0 aromatic rings. The van der Waals surface area contributed by atoms with E-state index in [-0.39, 0.29) is 0 Å². The van der Waals surface area contributed by atoms with Gasteiger partial charge in [0.25, 0.3) is 0 Å². The van der Waals surface area contributed by atoms with Crippen molar-refractivity contribution in [2.45, 2.75) is 46.0 Å². The van der Waals surface area contributed by atoms with Crippen LogP contribution >= 0.6 is 0 Å². The summed E-state index contributed by atoms with van der Waals surface area (Å²) in [6.45, 7) is 8.32. The number of hydrogen-bond acceptors (Lipinski definition) is 2. The van der Waals surface area contributed by atoms with Gasteiger partial charge < -0.3 is 10.1 Å². The van der Waals surface area contributed by atoms with Crippen LogP contribution in [-0.4, -0.2) is 26.3 Å². The zero-order valence-electron chi connectivity index (χ0n) is 9.77. The summed E-state index contributed by atoms with van der Waals surface area (Å²) in [5, 5.41) is 3.51. The van der Waals surface area contributed by atoms with Crippen molar-refractivity contribution in [3.05, 3.63) is 0 Å². The zero-order chi connectivity index (χ0) is 10.3. The zero-order valence-corrected chi connectivity index (χ0v) is 9.77. The smallest absolute Gasteiger partial charge is 0.0590 e. The van der Waals surface area contributed by atoms with Crippen molar-refractivity contribution in [2.75, 3.05) is 26.3 Å². The summed E-state index contributed by atoms with van der Waals surface area (Å²) in [5.74, 6) is 0. The summed E-state index contributed by atoms with van der Waals surface area (Å²) >= 11 is 0. The highest BCUT2D eigenvalue weighted by atomic mass is 16.5. The molecular formula is C12H25NO. The second-order valence-corrected chi connectivity index (χ2v) is 4.75. The average molecular weight is 199 g/mol. The number of ether oxygens (including phenoxy) is 1. The van der Waals surface area contributed by atoms with Crippen LogP contribution in [0.1, 0.15) is 46.0 Å². The lowest BCUT2D eigenvalue weighted by atomic mass is 9.76. The Hall–Kier alpha value is -0.0800. The molecule has 2 nitrogen and oxygen atoms in total. The first-order valence-corrected chi connectivity index (χ1v) is 6.05. The molecule has 1 N–H and O–H groups in total. The number of nitrogens with one attached hydrogen (secondary N) is 1. The average Bonchev–Trinajstić information content (AvgIpc) is 2.18. The fourth-order valence-corrected chi connectivity index (χ4v) is 2.26. The van der Waals surface area contributed by atoms with E-state index in [1.807, 2.05) is 6.92 Å². The van der Waals surface area contributed by atoms with Crippen molar-refractivity contribution in [3.63, 3.8) is 0 Å². The van der Waals surface area contributed by atoms with Gasteiger partial charge in [0.2, 0.25) is 0 Å². The molecule has 0 amide bonds. The molecule has 0 aromatic carbocycles. The van der Waals surface area contributed by atoms with Crippen LogP contribution in [0.2, 0.25) is 0 Å². The molecule has 1 aliphatic carbocycles. The summed E-state index contributed by atoms with van der Waals surface area (Å²) in [6.07, 6.45) is 7.07. The normalized spacial score (nSPS) is 21.0. The van der Waals surface area contributed by atoms with E-state index in [1.165, 1.54) is 38.6 Å². The van der Waals surface area contributed by atoms with Gasteiger partial charge in [-0.15, -0.1) is 0 Å².